The van der Waals surface area contributed by atoms with E-state index in [0.29, 0.717) is 31.7 Å². The van der Waals surface area contributed by atoms with Crippen molar-refractivity contribution < 1.29 is 17.6 Å². The molecule has 2 aromatic carbocycles. The van der Waals surface area contributed by atoms with Gasteiger partial charge in [-0.1, -0.05) is 31.2 Å². The maximum Gasteiger partial charge on any atom is 0.416 e. The van der Waals surface area contributed by atoms with Gasteiger partial charge >= 0.3 is 6.18 Å². The molecule has 0 saturated carbocycles. The Morgan fingerprint density at radius 3 is 2.52 bits per heavy atom. The fourth-order valence-corrected chi connectivity index (χ4v) is 4.62. The number of thiophene rings is 1. The van der Waals surface area contributed by atoms with Gasteiger partial charge in [-0.2, -0.15) is 13.2 Å². The predicted molar refractivity (Wildman–Crippen MR) is 95.3 cm³/mol. The van der Waals surface area contributed by atoms with Crippen LogP contribution in [-0.2, 0) is 6.18 Å². The molecular weight excluding hydrogens is 348 g/mol. The molecule has 0 fully saturated rings. The Bertz CT molecular complexity index is 994. The summed E-state index contributed by atoms with van der Waals surface area (Å²) in [7, 11) is 0. The van der Waals surface area contributed by atoms with Crippen LogP contribution in [0.3, 0.4) is 0 Å². The normalized spacial score (nSPS) is 18.8. The lowest BCUT2D eigenvalue weighted by Gasteiger charge is -2.19. The quantitative estimate of drug-likeness (QED) is 0.394. The number of rotatable bonds is 1. The third-order valence-electron chi connectivity index (χ3n) is 4.93. The van der Waals surface area contributed by atoms with Crippen molar-refractivity contribution in [1.82, 2.24) is 0 Å². The summed E-state index contributed by atoms with van der Waals surface area (Å²) in [5.74, 6) is 0.300. The van der Waals surface area contributed by atoms with Gasteiger partial charge in [0.2, 0.25) is 0 Å². The minimum absolute atomic E-state index is 0.312. The summed E-state index contributed by atoms with van der Waals surface area (Å²) in [6.07, 6.45) is 0.511. The number of halogens is 4. The van der Waals surface area contributed by atoms with Crippen molar-refractivity contribution in [3.8, 4) is 0 Å². The highest BCUT2D eigenvalue weighted by molar-refractivity contribution is 7.25. The van der Waals surface area contributed by atoms with Gasteiger partial charge in [0.05, 0.1) is 10.3 Å². The molecule has 0 bridgehead atoms. The first kappa shape index (κ1) is 16.6. The van der Waals surface area contributed by atoms with Crippen molar-refractivity contribution in [2.24, 2.45) is 5.92 Å². The Morgan fingerprint density at radius 1 is 1.08 bits per heavy atom. The maximum atomic E-state index is 15.1. The monoisotopic (exact) mass is 364 g/mol. The van der Waals surface area contributed by atoms with Crippen molar-refractivity contribution >= 4 is 37.1 Å². The van der Waals surface area contributed by atoms with Crippen molar-refractivity contribution in [2.75, 3.05) is 0 Å². The molecule has 130 valence electrons. The van der Waals surface area contributed by atoms with Gasteiger partial charge in [0.1, 0.15) is 5.82 Å². The standard InChI is InChI=1S/C20H16F4S/c1-11-2-4-12(5-3-11)14-8-9-16-15-7-6-13(20(22,23)24)10-17(15)25-19(16)18(14)21/h4,6-11H,2-3,5H2,1H3. The van der Waals surface area contributed by atoms with Crippen molar-refractivity contribution in [1.29, 1.82) is 0 Å². The first-order valence-electron chi connectivity index (χ1n) is 8.26. The van der Waals surface area contributed by atoms with E-state index < -0.39 is 11.7 Å². The van der Waals surface area contributed by atoms with E-state index in [9.17, 15) is 13.2 Å². The molecule has 1 aliphatic carbocycles. The van der Waals surface area contributed by atoms with E-state index in [-0.39, 0.29) is 5.82 Å². The maximum absolute atomic E-state index is 15.1. The van der Waals surface area contributed by atoms with E-state index in [4.69, 9.17) is 0 Å². The highest BCUT2D eigenvalue weighted by atomic mass is 32.1. The van der Waals surface area contributed by atoms with Gasteiger partial charge in [-0.3, -0.25) is 0 Å². The van der Waals surface area contributed by atoms with Gasteiger partial charge in [-0.05, 0) is 42.9 Å². The highest BCUT2D eigenvalue weighted by Crippen LogP contribution is 2.41. The molecule has 4 rings (SSSR count). The Morgan fingerprint density at radius 2 is 1.84 bits per heavy atom. The molecule has 1 heterocycles. The lowest BCUT2D eigenvalue weighted by atomic mass is 9.87. The van der Waals surface area contributed by atoms with Crippen molar-refractivity contribution in [3.05, 3.63) is 53.4 Å². The first-order valence-corrected chi connectivity index (χ1v) is 9.07. The van der Waals surface area contributed by atoms with Gasteiger partial charge in [0, 0.05) is 21.0 Å². The van der Waals surface area contributed by atoms with Gasteiger partial charge < -0.3 is 0 Å². The second-order valence-corrected chi connectivity index (χ2v) is 7.78. The summed E-state index contributed by atoms with van der Waals surface area (Å²) in [5.41, 5.74) is 0.893. The number of benzene rings is 2. The molecule has 1 atom stereocenters. The Kier molecular flexibility index (Phi) is 3.87. The van der Waals surface area contributed by atoms with E-state index in [1.165, 1.54) is 6.07 Å². The smallest absolute Gasteiger partial charge is 0.205 e. The van der Waals surface area contributed by atoms with E-state index in [1.54, 1.807) is 6.07 Å². The predicted octanol–water partition coefficient (Wildman–Crippen LogP) is 7.42. The molecule has 0 spiro atoms. The van der Waals surface area contributed by atoms with Gasteiger partial charge in [0.25, 0.3) is 0 Å². The van der Waals surface area contributed by atoms with Crippen LogP contribution in [0.5, 0.6) is 0 Å². The zero-order chi connectivity index (χ0) is 17.8. The Labute approximate surface area is 146 Å². The largest absolute Gasteiger partial charge is 0.416 e. The minimum Gasteiger partial charge on any atom is -0.205 e. The van der Waals surface area contributed by atoms with Crippen molar-refractivity contribution in [2.45, 2.75) is 32.4 Å². The average Bonchev–Trinajstić information content (AvgIpc) is 2.94. The first-order chi connectivity index (χ1) is 11.8. The average molecular weight is 364 g/mol. The second kappa shape index (κ2) is 5.84. The van der Waals surface area contributed by atoms with E-state index in [2.05, 4.69) is 13.0 Å². The van der Waals surface area contributed by atoms with Crippen LogP contribution >= 0.6 is 11.3 Å². The molecule has 0 radical (unpaired) electrons. The van der Waals surface area contributed by atoms with Crippen LogP contribution in [-0.4, -0.2) is 0 Å². The summed E-state index contributed by atoms with van der Waals surface area (Å²) in [6, 6.07) is 7.21. The fraction of sp³-hybridized carbons (Fsp3) is 0.300. The molecule has 1 aliphatic rings. The summed E-state index contributed by atoms with van der Waals surface area (Å²) < 4.78 is 54.7. The third-order valence-corrected chi connectivity index (χ3v) is 6.09. The van der Waals surface area contributed by atoms with Crippen LogP contribution in [0.2, 0.25) is 0 Å². The zero-order valence-corrected chi connectivity index (χ0v) is 14.4. The molecule has 0 N–H and O–H groups in total. The third kappa shape index (κ3) is 2.84. The molecule has 25 heavy (non-hydrogen) atoms. The van der Waals surface area contributed by atoms with Crippen LogP contribution in [0, 0.1) is 11.7 Å². The van der Waals surface area contributed by atoms with Crippen molar-refractivity contribution in [3.63, 3.8) is 0 Å². The summed E-state index contributed by atoms with van der Waals surface area (Å²) in [5, 5.41) is 1.35. The van der Waals surface area contributed by atoms with E-state index in [1.807, 2.05) is 6.07 Å². The number of hydrogen-bond donors (Lipinski definition) is 0. The van der Waals surface area contributed by atoms with E-state index in [0.717, 1.165) is 48.3 Å². The number of allylic oxidation sites excluding steroid dienone is 2. The molecule has 0 aliphatic heterocycles. The summed E-state index contributed by atoms with van der Waals surface area (Å²) in [4.78, 5) is 0. The Balaban J connectivity index is 1.88. The molecule has 0 nitrogen and oxygen atoms in total. The summed E-state index contributed by atoms with van der Waals surface area (Å²) >= 11 is 1.10. The van der Waals surface area contributed by atoms with Gasteiger partial charge in [-0.25, -0.2) is 4.39 Å². The molecule has 3 aromatic rings. The zero-order valence-electron chi connectivity index (χ0n) is 13.6. The molecular formula is C20H16F4S. The van der Waals surface area contributed by atoms with Crippen LogP contribution in [0.4, 0.5) is 17.6 Å². The van der Waals surface area contributed by atoms with Crippen LogP contribution in [0.15, 0.2) is 36.4 Å². The molecule has 1 aromatic heterocycles. The lowest BCUT2D eigenvalue weighted by molar-refractivity contribution is -0.137. The van der Waals surface area contributed by atoms with Crippen LogP contribution in [0.1, 0.15) is 37.3 Å². The van der Waals surface area contributed by atoms with E-state index >= 15 is 4.39 Å². The minimum atomic E-state index is -4.39. The molecule has 0 amide bonds. The summed E-state index contributed by atoms with van der Waals surface area (Å²) in [6.45, 7) is 2.18. The number of alkyl halides is 3. The highest BCUT2D eigenvalue weighted by Gasteiger charge is 2.31. The topological polar surface area (TPSA) is 0 Å². The molecule has 0 saturated heterocycles. The molecule has 5 heteroatoms. The van der Waals surface area contributed by atoms with Gasteiger partial charge in [0.15, 0.2) is 0 Å². The lowest BCUT2D eigenvalue weighted by Crippen LogP contribution is -2.03. The number of fused-ring (bicyclic) bond motifs is 3. The Hall–Kier alpha value is -1.88. The van der Waals surface area contributed by atoms with Gasteiger partial charge in [-0.15, -0.1) is 11.3 Å². The number of hydrogen-bond acceptors (Lipinski definition) is 1. The molecule has 1 unspecified atom stereocenters. The van der Waals surface area contributed by atoms with Crippen LogP contribution in [0.25, 0.3) is 25.7 Å². The fourth-order valence-electron chi connectivity index (χ4n) is 3.44. The second-order valence-electron chi connectivity index (χ2n) is 6.72. The van der Waals surface area contributed by atoms with Crippen LogP contribution < -0.4 is 0 Å². The SMILES string of the molecule is CC1CC=C(c2ccc3c(sc4cc(C(F)(F)F)ccc43)c2F)CC1.